The molecule has 3 aromatic rings. The zero-order chi connectivity index (χ0) is 20.1. The molecule has 0 bridgehead atoms. The van der Waals surface area contributed by atoms with Gasteiger partial charge in [-0.3, -0.25) is 9.59 Å². The van der Waals surface area contributed by atoms with E-state index in [-0.39, 0.29) is 17.6 Å². The van der Waals surface area contributed by atoms with Crippen molar-refractivity contribution in [3.8, 4) is 5.75 Å². The molecule has 0 spiro atoms. The zero-order valence-electron chi connectivity index (χ0n) is 14.7. The van der Waals surface area contributed by atoms with Crippen LogP contribution in [0.4, 0.5) is 11.4 Å². The molecule has 0 saturated carbocycles. The van der Waals surface area contributed by atoms with Crippen molar-refractivity contribution in [2.24, 2.45) is 0 Å². The second-order valence-corrected chi connectivity index (χ2v) is 6.68. The molecule has 1 aromatic heterocycles. The maximum absolute atomic E-state index is 12.3. The van der Waals surface area contributed by atoms with Gasteiger partial charge in [0.1, 0.15) is 5.75 Å². The maximum atomic E-state index is 12.3. The monoisotopic (exact) mass is 418 g/mol. The summed E-state index contributed by atoms with van der Waals surface area (Å²) in [6.45, 7) is 1.61. The van der Waals surface area contributed by atoms with Crippen molar-refractivity contribution >= 4 is 46.4 Å². The second kappa shape index (κ2) is 8.82. The molecular weight excluding hydrogens is 403 g/mol. The van der Waals surface area contributed by atoms with Gasteiger partial charge in [-0.25, -0.2) is 0 Å². The minimum atomic E-state index is -0.781. The third-order valence-corrected chi connectivity index (χ3v) is 4.25. The van der Waals surface area contributed by atoms with Crippen molar-refractivity contribution < 1.29 is 18.7 Å². The van der Waals surface area contributed by atoms with Crippen LogP contribution in [-0.4, -0.2) is 17.9 Å². The number of ether oxygens (including phenoxy) is 1. The highest BCUT2D eigenvalue weighted by atomic mass is 35.5. The van der Waals surface area contributed by atoms with Crippen LogP contribution in [0.2, 0.25) is 10.0 Å². The Morgan fingerprint density at radius 2 is 1.68 bits per heavy atom. The molecule has 1 unspecified atom stereocenters. The summed E-state index contributed by atoms with van der Waals surface area (Å²) < 4.78 is 10.6. The predicted octanol–water partition coefficient (Wildman–Crippen LogP) is 5.24. The Balaban J connectivity index is 1.57. The quantitative estimate of drug-likeness (QED) is 0.572. The Bertz CT molecular complexity index is 972. The van der Waals surface area contributed by atoms with E-state index in [0.717, 1.165) is 0 Å². The fraction of sp³-hybridized carbons (Fsp3) is 0.100. The van der Waals surface area contributed by atoms with Crippen LogP contribution in [0.5, 0.6) is 5.75 Å². The van der Waals surface area contributed by atoms with Gasteiger partial charge >= 0.3 is 0 Å². The van der Waals surface area contributed by atoms with Gasteiger partial charge in [-0.15, -0.1) is 0 Å². The van der Waals surface area contributed by atoms with Gasteiger partial charge in [0.2, 0.25) is 0 Å². The lowest BCUT2D eigenvalue weighted by Gasteiger charge is -2.16. The van der Waals surface area contributed by atoms with E-state index in [4.69, 9.17) is 32.4 Å². The van der Waals surface area contributed by atoms with Crippen molar-refractivity contribution in [3.05, 3.63) is 76.7 Å². The third kappa shape index (κ3) is 5.06. The van der Waals surface area contributed by atoms with Crippen molar-refractivity contribution in [1.82, 2.24) is 0 Å². The van der Waals surface area contributed by atoms with E-state index in [1.54, 1.807) is 61.5 Å². The number of carbonyl (C=O) groups is 2. The molecule has 3 rings (SSSR count). The highest BCUT2D eigenvalue weighted by molar-refractivity contribution is 6.35. The molecule has 0 radical (unpaired) electrons. The molecular formula is C20H16Cl2N2O4. The smallest absolute Gasteiger partial charge is 0.291 e. The van der Waals surface area contributed by atoms with Crippen molar-refractivity contribution in [2.45, 2.75) is 13.0 Å². The topological polar surface area (TPSA) is 80.6 Å². The second-order valence-electron chi connectivity index (χ2n) is 5.83. The van der Waals surface area contributed by atoms with Gasteiger partial charge in [0, 0.05) is 16.4 Å². The van der Waals surface area contributed by atoms with E-state index in [2.05, 4.69) is 10.6 Å². The SMILES string of the molecule is CC(Oc1ccc(Cl)cc1Cl)C(=O)Nc1ccc(NC(=O)c2ccco2)cc1. The number of benzene rings is 2. The Morgan fingerprint density at radius 3 is 2.29 bits per heavy atom. The number of hydrogen-bond acceptors (Lipinski definition) is 4. The Labute approximate surface area is 171 Å². The van der Waals surface area contributed by atoms with Gasteiger partial charge < -0.3 is 19.8 Å². The van der Waals surface area contributed by atoms with Gasteiger partial charge in [0.05, 0.1) is 11.3 Å². The van der Waals surface area contributed by atoms with Crippen molar-refractivity contribution in [2.75, 3.05) is 10.6 Å². The summed E-state index contributed by atoms with van der Waals surface area (Å²) in [6, 6.07) is 14.6. The summed E-state index contributed by atoms with van der Waals surface area (Å²) in [4.78, 5) is 24.3. The molecule has 0 fully saturated rings. The normalized spacial score (nSPS) is 11.5. The van der Waals surface area contributed by atoms with Crippen LogP contribution < -0.4 is 15.4 Å². The zero-order valence-corrected chi connectivity index (χ0v) is 16.3. The predicted molar refractivity (Wildman–Crippen MR) is 108 cm³/mol. The molecule has 0 aliphatic carbocycles. The number of amides is 2. The number of furan rings is 1. The van der Waals surface area contributed by atoms with E-state index < -0.39 is 6.10 Å². The minimum absolute atomic E-state index is 0.212. The first-order chi connectivity index (χ1) is 13.4. The lowest BCUT2D eigenvalue weighted by Crippen LogP contribution is -2.30. The Hall–Kier alpha value is -2.96. The van der Waals surface area contributed by atoms with Crippen LogP contribution in [0.15, 0.2) is 65.3 Å². The van der Waals surface area contributed by atoms with Crippen LogP contribution in [0.3, 0.4) is 0 Å². The maximum Gasteiger partial charge on any atom is 0.291 e. The molecule has 0 aliphatic rings. The Kier molecular flexibility index (Phi) is 6.23. The molecule has 28 heavy (non-hydrogen) atoms. The summed E-state index contributed by atoms with van der Waals surface area (Å²) in [7, 11) is 0. The average Bonchev–Trinajstić information content (AvgIpc) is 3.20. The molecule has 1 heterocycles. The highest BCUT2D eigenvalue weighted by Crippen LogP contribution is 2.28. The van der Waals surface area contributed by atoms with Crippen molar-refractivity contribution in [1.29, 1.82) is 0 Å². The number of anilines is 2. The van der Waals surface area contributed by atoms with Gasteiger partial charge in [0.25, 0.3) is 11.8 Å². The number of hydrogen-bond donors (Lipinski definition) is 2. The largest absolute Gasteiger partial charge is 0.479 e. The van der Waals surface area contributed by atoms with E-state index in [9.17, 15) is 9.59 Å². The molecule has 144 valence electrons. The number of halogens is 2. The summed E-state index contributed by atoms with van der Waals surface area (Å²) in [5, 5.41) is 6.24. The van der Waals surface area contributed by atoms with Gasteiger partial charge in [-0.05, 0) is 61.5 Å². The van der Waals surface area contributed by atoms with Crippen LogP contribution >= 0.6 is 23.2 Å². The summed E-state index contributed by atoms with van der Waals surface area (Å²) in [5.41, 5.74) is 1.12. The molecule has 1 atom stereocenters. The average molecular weight is 419 g/mol. The summed E-state index contributed by atoms with van der Waals surface area (Å²) >= 11 is 11.9. The molecule has 8 heteroatoms. The molecule has 0 aliphatic heterocycles. The first-order valence-corrected chi connectivity index (χ1v) is 9.05. The minimum Gasteiger partial charge on any atom is -0.479 e. The van der Waals surface area contributed by atoms with Crippen LogP contribution in [0, 0.1) is 0 Å². The van der Waals surface area contributed by atoms with Gasteiger partial charge in [0.15, 0.2) is 11.9 Å². The lowest BCUT2D eigenvalue weighted by molar-refractivity contribution is -0.122. The Morgan fingerprint density at radius 1 is 1.00 bits per heavy atom. The van der Waals surface area contributed by atoms with Gasteiger partial charge in [-0.2, -0.15) is 0 Å². The van der Waals surface area contributed by atoms with E-state index >= 15 is 0 Å². The molecule has 2 aromatic carbocycles. The van der Waals surface area contributed by atoms with E-state index in [1.807, 2.05) is 0 Å². The molecule has 6 nitrogen and oxygen atoms in total. The van der Waals surface area contributed by atoms with Crippen LogP contribution in [0.25, 0.3) is 0 Å². The fourth-order valence-electron chi connectivity index (χ4n) is 2.30. The third-order valence-electron chi connectivity index (χ3n) is 3.72. The molecule has 2 N–H and O–H groups in total. The fourth-order valence-corrected chi connectivity index (χ4v) is 2.75. The number of carbonyl (C=O) groups excluding carboxylic acids is 2. The first-order valence-electron chi connectivity index (χ1n) is 8.30. The molecule has 2 amide bonds. The van der Waals surface area contributed by atoms with Crippen LogP contribution in [0.1, 0.15) is 17.5 Å². The van der Waals surface area contributed by atoms with Crippen molar-refractivity contribution in [3.63, 3.8) is 0 Å². The molecule has 0 saturated heterocycles. The van der Waals surface area contributed by atoms with E-state index in [1.165, 1.54) is 6.26 Å². The highest BCUT2D eigenvalue weighted by Gasteiger charge is 2.17. The first kappa shape index (κ1) is 19.8. The number of nitrogens with one attached hydrogen (secondary N) is 2. The van der Waals surface area contributed by atoms with Gasteiger partial charge in [-0.1, -0.05) is 23.2 Å². The lowest BCUT2D eigenvalue weighted by atomic mass is 10.2. The standard InChI is InChI=1S/C20H16Cl2N2O4/c1-12(28-17-9-4-13(21)11-16(17)22)19(25)23-14-5-7-15(8-6-14)24-20(26)18-3-2-10-27-18/h2-12H,1H3,(H,23,25)(H,24,26). The summed E-state index contributed by atoms with van der Waals surface area (Å²) in [5.74, 6) is -0.129. The summed E-state index contributed by atoms with van der Waals surface area (Å²) in [6.07, 6.45) is 0.644. The number of rotatable bonds is 6. The van der Waals surface area contributed by atoms with E-state index in [0.29, 0.717) is 27.2 Å². The van der Waals surface area contributed by atoms with Crippen LogP contribution in [-0.2, 0) is 4.79 Å².